The largest absolute Gasteiger partial charge is 0.447 e. The minimum absolute atomic E-state index is 0.269. The Morgan fingerprint density at radius 2 is 2.33 bits per heavy atom. The molecule has 0 saturated carbocycles. The molecule has 4 nitrogen and oxygen atoms in total. The third-order valence-corrected chi connectivity index (χ3v) is 2.26. The summed E-state index contributed by atoms with van der Waals surface area (Å²) < 4.78 is 4.66. The lowest BCUT2D eigenvalue weighted by Crippen LogP contribution is -2.29. The maximum absolute atomic E-state index is 11.4. The van der Waals surface area contributed by atoms with Gasteiger partial charge in [-0.05, 0) is 18.9 Å². The van der Waals surface area contributed by atoms with Gasteiger partial charge in [0.2, 0.25) is 0 Å². The van der Waals surface area contributed by atoms with E-state index in [0.29, 0.717) is 13.2 Å². The van der Waals surface area contributed by atoms with Gasteiger partial charge in [-0.1, -0.05) is 25.8 Å². The van der Waals surface area contributed by atoms with Crippen molar-refractivity contribution in [3.63, 3.8) is 0 Å². The molecule has 0 unspecified atom stereocenters. The normalized spacial score (nSPS) is 16.1. The molecule has 0 aromatic rings. The van der Waals surface area contributed by atoms with Crippen molar-refractivity contribution in [2.24, 2.45) is 0 Å². The number of nitrogens with zero attached hydrogens (tertiary/aromatic N) is 1. The molecule has 0 atom stereocenters. The zero-order valence-corrected chi connectivity index (χ0v) is 9.07. The van der Waals surface area contributed by atoms with Crippen molar-refractivity contribution in [3.05, 3.63) is 12.2 Å². The lowest BCUT2D eigenvalue weighted by molar-refractivity contribution is -0.122. The quantitative estimate of drug-likeness (QED) is 0.516. The Labute approximate surface area is 89.9 Å². The SMILES string of the molecule is CCCCC/C=C/C(=O)N1CCOC1=O. The van der Waals surface area contributed by atoms with E-state index in [9.17, 15) is 9.59 Å². The highest BCUT2D eigenvalue weighted by Gasteiger charge is 2.26. The number of amides is 2. The van der Waals surface area contributed by atoms with E-state index in [1.165, 1.54) is 18.9 Å². The summed E-state index contributed by atoms with van der Waals surface area (Å²) in [6.45, 7) is 2.82. The highest BCUT2D eigenvalue weighted by atomic mass is 16.6. The van der Waals surface area contributed by atoms with Gasteiger partial charge in [0.15, 0.2) is 0 Å². The van der Waals surface area contributed by atoms with E-state index in [1.54, 1.807) is 0 Å². The van der Waals surface area contributed by atoms with Crippen LogP contribution in [0.3, 0.4) is 0 Å². The van der Waals surface area contributed by atoms with Crippen LogP contribution in [0.5, 0.6) is 0 Å². The molecule has 15 heavy (non-hydrogen) atoms. The zero-order valence-electron chi connectivity index (χ0n) is 9.07. The molecular formula is C11H17NO3. The minimum atomic E-state index is -0.529. The number of rotatable bonds is 5. The van der Waals surface area contributed by atoms with E-state index < -0.39 is 6.09 Å². The lowest BCUT2D eigenvalue weighted by atomic mass is 10.2. The molecule has 1 aliphatic heterocycles. The van der Waals surface area contributed by atoms with Gasteiger partial charge in [0.1, 0.15) is 6.61 Å². The predicted octanol–water partition coefficient (Wildman–Crippen LogP) is 2.10. The van der Waals surface area contributed by atoms with Crippen LogP contribution in [-0.4, -0.2) is 30.1 Å². The number of hydrogen-bond donors (Lipinski definition) is 0. The second-order valence-corrected chi connectivity index (χ2v) is 3.50. The molecule has 0 aromatic carbocycles. The fraction of sp³-hybridized carbons (Fsp3) is 0.636. The first-order chi connectivity index (χ1) is 7.25. The number of carbonyl (C=O) groups is 2. The highest BCUT2D eigenvalue weighted by molar-refractivity contribution is 5.99. The van der Waals surface area contributed by atoms with Crippen LogP contribution in [0.25, 0.3) is 0 Å². The van der Waals surface area contributed by atoms with E-state index in [-0.39, 0.29) is 5.91 Å². The van der Waals surface area contributed by atoms with Crippen LogP contribution in [0.1, 0.15) is 32.6 Å². The van der Waals surface area contributed by atoms with Gasteiger partial charge < -0.3 is 4.74 Å². The first-order valence-corrected chi connectivity index (χ1v) is 5.40. The van der Waals surface area contributed by atoms with Gasteiger partial charge in [0, 0.05) is 0 Å². The molecule has 1 saturated heterocycles. The summed E-state index contributed by atoms with van der Waals surface area (Å²) in [5.41, 5.74) is 0. The maximum atomic E-state index is 11.4. The maximum Gasteiger partial charge on any atom is 0.416 e. The molecule has 1 rings (SSSR count). The molecule has 0 radical (unpaired) electrons. The number of imide groups is 1. The van der Waals surface area contributed by atoms with E-state index in [4.69, 9.17) is 0 Å². The Balaban J connectivity index is 2.25. The van der Waals surface area contributed by atoms with Crippen LogP contribution in [-0.2, 0) is 9.53 Å². The van der Waals surface area contributed by atoms with Crippen LogP contribution in [0.2, 0.25) is 0 Å². The molecule has 1 heterocycles. The van der Waals surface area contributed by atoms with Gasteiger partial charge in [-0.15, -0.1) is 0 Å². The van der Waals surface area contributed by atoms with Crippen LogP contribution < -0.4 is 0 Å². The summed E-state index contributed by atoms with van der Waals surface area (Å²) in [6, 6.07) is 0. The van der Waals surface area contributed by atoms with Gasteiger partial charge in [-0.2, -0.15) is 0 Å². The first kappa shape index (κ1) is 11.8. The van der Waals surface area contributed by atoms with Crippen molar-refractivity contribution in [2.75, 3.05) is 13.2 Å². The Bertz CT molecular complexity index is 261. The molecule has 1 aliphatic rings. The topological polar surface area (TPSA) is 46.6 Å². The first-order valence-electron chi connectivity index (χ1n) is 5.40. The van der Waals surface area contributed by atoms with Crippen molar-refractivity contribution in [1.82, 2.24) is 4.90 Å². The number of allylic oxidation sites excluding steroid dienone is 1. The third kappa shape index (κ3) is 3.73. The number of ether oxygens (including phenoxy) is 1. The van der Waals surface area contributed by atoms with Crippen LogP contribution >= 0.6 is 0 Å². The van der Waals surface area contributed by atoms with Gasteiger partial charge >= 0.3 is 6.09 Å². The number of unbranched alkanes of at least 4 members (excludes halogenated alkanes) is 3. The summed E-state index contributed by atoms with van der Waals surface area (Å²) in [4.78, 5) is 23.5. The summed E-state index contributed by atoms with van der Waals surface area (Å²) in [5, 5.41) is 0. The van der Waals surface area contributed by atoms with E-state index in [0.717, 1.165) is 17.7 Å². The standard InChI is InChI=1S/C11H17NO3/c1-2-3-4-5-6-7-10(13)12-8-9-15-11(12)14/h6-7H,2-5,8-9H2,1H3/b7-6+. The van der Waals surface area contributed by atoms with Gasteiger partial charge in [0.25, 0.3) is 5.91 Å². The van der Waals surface area contributed by atoms with Crippen LogP contribution in [0.15, 0.2) is 12.2 Å². The van der Waals surface area contributed by atoms with E-state index in [2.05, 4.69) is 11.7 Å². The fourth-order valence-corrected chi connectivity index (χ4v) is 1.38. The summed E-state index contributed by atoms with van der Waals surface area (Å²) in [7, 11) is 0. The van der Waals surface area contributed by atoms with Crippen molar-refractivity contribution in [3.8, 4) is 0 Å². The van der Waals surface area contributed by atoms with Crippen molar-refractivity contribution < 1.29 is 14.3 Å². The second kappa shape index (κ2) is 6.22. The molecule has 4 heteroatoms. The van der Waals surface area contributed by atoms with Crippen molar-refractivity contribution >= 4 is 12.0 Å². The number of cyclic esters (lactones) is 1. The Hall–Kier alpha value is -1.32. The van der Waals surface area contributed by atoms with Gasteiger partial charge in [-0.3, -0.25) is 4.79 Å². The van der Waals surface area contributed by atoms with Crippen LogP contribution in [0, 0.1) is 0 Å². The molecule has 0 N–H and O–H groups in total. The molecule has 84 valence electrons. The average Bonchev–Trinajstić information content (AvgIpc) is 2.64. The Kier molecular flexibility index (Phi) is 4.87. The third-order valence-electron chi connectivity index (χ3n) is 2.26. The van der Waals surface area contributed by atoms with E-state index >= 15 is 0 Å². The molecular weight excluding hydrogens is 194 g/mol. The zero-order chi connectivity index (χ0) is 11.1. The molecule has 0 spiro atoms. The molecule has 0 aromatic heterocycles. The molecule has 2 amide bonds. The summed E-state index contributed by atoms with van der Waals surface area (Å²) in [6.07, 6.45) is 7.07. The number of carbonyl (C=O) groups excluding carboxylic acids is 2. The molecule has 1 fully saturated rings. The fourth-order valence-electron chi connectivity index (χ4n) is 1.38. The minimum Gasteiger partial charge on any atom is -0.447 e. The van der Waals surface area contributed by atoms with Crippen molar-refractivity contribution in [2.45, 2.75) is 32.6 Å². The molecule has 0 bridgehead atoms. The second-order valence-electron chi connectivity index (χ2n) is 3.50. The summed E-state index contributed by atoms with van der Waals surface area (Å²) >= 11 is 0. The van der Waals surface area contributed by atoms with Crippen LogP contribution in [0.4, 0.5) is 4.79 Å². The monoisotopic (exact) mass is 211 g/mol. The highest BCUT2D eigenvalue weighted by Crippen LogP contribution is 2.05. The van der Waals surface area contributed by atoms with E-state index in [1.807, 2.05) is 6.08 Å². The van der Waals surface area contributed by atoms with Crippen molar-refractivity contribution in [1.29, 1.82) is 0 Å². The summed E-state index contributed by atoms with van der Waals surface area (Å²) in [5.74, 6) is -0.269. The Morgan fingerprint density at radius 3 is 2.93 bits per heavy atom. The smallest absolute Gasteiger partial charge is 0.416 e. The van der Waals surface area contributed by atoms with Gasteiger partial charge in [-0.25, -0.2) is 9.69 Å². The lowest BCUT2D eigenvalue weighted by Gasteiger charge is -2.06. The Morgan fingerprint density at radius 1 is 1.53 bits per heavy atom. The predicted molar refractivity (Wildman–Crippen MR) is 56.3 cm³/mol. The average molecular weight is 211 g/mol. The van der Waals surface area contributed by atoms with Gasteiger partial charge in [0.05, 0.1) is 6.54 Å². The number of hydrogen-bond acceptors (Lipinski definition) is 3. The molecule has 0 aliphatic carbocycles.